The van der Waals surface area contributed by atoms with Crippen molar-refractivity contribution in [3.05, 3.63) is 60.8 Å². The summed E-state index contributed by atoms with van der Waals surface area (Å²) in [5.74, 6) is -0.129. The summed E-state index contributed by atoms with van der Waals surface area (Å²) < 4.78 is 0. The van der Waals surface area contributed by atoms with Gasteiger partial charge >= 0.3 is 0 Å². The number of carbonyl (C=O) groups excluding carboxylic acids is 1. The lowest BCUT2D eigenvalue weighted by Crippen LogP contribution is -2.45. The van der Waals surface area contributed by atoms with Crippen LogP contribution in [0, 0.1) is 0 Å². The molecule has 6 nitrogen and oxygen atoms in total. The van der Waals surface area contributed by atoms with Gasteiger partial charge in [-0.1, -0.05) is 18.2 Å². The van der Waals surface area contributed by atoms with Crippen molar-refractivity contribution in [1.82, 2.24) is 20.3 Å². The number of aromatic nitrogens is 3. The van der Waals surface area contributed by atoms with E-state index in [-0.39, 0.29) is 11.9 Å². The molecule has 1 fully saturated rings. The van der Waals surface area contributed by atoms with Crippen molar-refractivity contribution in [3.63, 3.8) is 0 Å². The Morgan fingerprint density at radius 1 is 1.04 bits per heavy atom. The summed E-state index contributed by atoms with van der Waals surface area (Å²) in [6.07, 6.45) is 6.66. The Labute approximate surface area is 145 Å². The molecule has 126 valence electrons. The Balaban J connectivity index is 1.42. The van der Waals surface area contributed by atoms with Gasteiger partial charge in [-0.25, -0.2) is 9.97 Å². The number of hydrogen-bond donors (Lipinski definition) is 1. The minimum atomic E-state index is -0.129. The minimum absolute atomic E-state index is 0.129. The molecular formula is C19H19N5O. The third-order valence-electron chi connectivity index (χ3n) is 4.61. The molecule has 3 aromatic rings. The van der Waals surface area contributed by atoms with Crippen LogP contribution in [0.25, 0.3) is 10.9 Å². The Morgan fingerprint density at radius 3 is 2.68 bits per heavy atom. The molecule has 0 atom stereocenters. The number of hydrogen-bond acceptors (Lipinski definition) is 5. The van der Waals surface area contributed by atoms with Crippen LogP contribution in [-0.4, -0.2) is 40.0 Å². The molecule has 1 amide bonds. The van der Waals surface area contributed by atoms with Gasteiger partial charge < -0.3 is 10.2 Å². The van der Waals surface area contributed by atoms with E-state index in [9.17, 15) is 4.79 Å². The minimum Gasteiger partial charge on any atom is -0.371 e. The van der Waals surface area contributed by atoms with E-state index in [1.165, 1.54) is 17.4 Å². The van der Waals surface area contributed by atoms with Crippen molar-refractivity contribution in [2.75, 3.05) is 18.0 Å². The maximum Gasteiger partial charge on any atom is 0.270 e. The number of rotatable bonds is 3. The van der Waals surface area contributed by atoms with Crippen LogP contribution in [0.3, 0.4) is 0 Å². The van der Waals surface area contributed by atoms with Crippen LogP contribution in [0.2, 0.25) is 0 Å². The summed E-state index contributed by atoms with van der Waals surface area (Å²) in [5, 5.41) is 4.25. The summed E-state index contributed by atoms with van der Waals surface area (Å²) in [6, 6.07) is 12.1. The number of piperidine rings is 1. The first-order chi connectivity index (χ1) is 12.3. The van der Waals surface area contributed by atoms with Gasteiger partial charge in [-0.2, -0.15) is 0 Å². The highest BCUT2D eigenvalue weighted by Gasteiger charge is 2.22. The highest BCUT2D eigenvalue weighted by molar-refractivity contribution is 5.92. The van der Waals surface area contributed by atoms with Crippen LogP contribution in [0.15, 0.2) is 55.1 Å². The Hall–Kier alpha value is -3.02. The fourth-order valence-electron chi connectivity index (χ4n) is 3.31. The molecule has 0 spiro atoms. The van der Waals surface area contributed by atoms with E-state index in [0.29, 0.717) is 5.69 Å². The van der Waals surface area contributed by atoms with Crippen LogP contribution in [0.5, 0.6) is 0 Å². The topological polar surface area (TPSA) is 71.0 Å². The zero-order valence-corrected chi connectivity index (χ0v) is 13.8. The smallest absolute Gasteiger partial charge is 0.270 e. The molecule has 6 heteroatoms. The monoisotopic (exact) mass is 333 g/mol. The van der Waals surface area contributed by atoms with E-state index >= 15 is 0 Å². The molecule has 0 radical (unpaired) electrons. The molecule has 0 bridgehead atoms. The Morgan fingerprint density at radius 2 is 1.88 bits per heavy atom. The average Bonchev–Trinajstić information content (AvgIpc) is 2.69. The van der Waals surface area contributed by atoms with Crippen molar-refractivity contribution in [3.8, 4) is 0 Å². The molecule has 1 aliphatic heterocycles. The number of fused-ring (bicyclic) bond motifs is 1. The third-order valence-corrected chi connectivity index (χ3v) is 4.61. The van der Waals surface area contributed by atoms with E-state index in [1.807, 2.05) is 24.4 Å². The maximum absolute atomic E-state index is 12.2. The van der Waals surface area contributed by atoms with Gasteiger partial charge in [0, 0.05) is 42.6 Å². The zero-order chi connectivity index (χ0) is 17.1. The van der Waals surface area contributed by atoms with Crippen molar-refractivity contribution in [2.24, 2.45) is 0 Å². The lowest BCUT2D eigenvalue weighted by Gasteiger charge is -2.34. The summed E-state index contributed by atoms with van der Waals surface area (Å²) in [5.41, 5.74) is 2.64. The zero-order valence-electron chi connectivity index (χ0n) is 13.8. The van der Waals surface area contributed by atoms with Crippen LogP contribution in [0.4, 0.5) is 5.69 Å². The first kappa shape index (κ1) is 15.5. The quantitative estimate of drug-likeness (QED) is 0.797. The fraction of sp³-hybridized carbons (Fsp3) is 0.263. The number of benzene rings is 1. The van der Waals surface area contributed by atoms with Crippen LogP contribution in [0.1, 0.15) is 23.3 Å². The second-order valence-corrected chi connectivity index (χ2v) is 6.18. The highest BCUT2D eigenvalue weighted by atomic mass is 16.1. The lowest BCUT2D eigenvalue weighted by molar-refractivity contribution is 0.0926. The van der Waals surface area contributed by atoms with E-state index in [1.54, 1.807) is 12.3 Å². The summed E-state index contributed by atoms with van der Waals surface area (Å²) in [4.78, 5) is 26.9. The third kappa shape index (κ3) is 3.28. The van der Waals surface area contributed by atoms with Gasteiger partial charge in [0.15, 0.2) is 0 Å². The molecular weight excluding hydrogens is 314 g/mol. The SMILES string of the molecule is O=C(NC1CCN(c2ccnc3ccccc23)CC1)c1ccncn1. The number of amides is 1. The molecule has 1 aromatic carbocycles. The Kier molecular flexibility index (Phi) is 4.24. The van der Waals surface area contributed by atoms with Gasteiger partial charge in [0.25, 0.3) is 5.91 Å². The summed E-state index contributed by atoms with van der Waals surface area (Å²) in [7, 11) is 0. The van der Waals surface area contributed by atoms with Gasteiger partial charge in [0.1, 0.15) is 12.0 Å². The van der Waals surface area contributed by atoms with Gasteiger partial charge in [0.2, 0.25) is 0 Å². The number of nitrogens with zero attached hydrogens (tertiary/aromatic N) is 4. The number of nitrogens with one attached hydrogen (secondary N) is 1. The molecule has 1 N–H and O–H groups in total. The van der Waals surface area contributed by atoms with Crippen LogP contribution in [-0.2, 0) is 0 Å². The van der Waals surface area contributed by atoms with E-state index in [2.05, 4.69) is 37.3 Å². The summed E-state index contributed by atoms with van der Waals surface area (Å²) in [6.45, 7) is 1.81. The van der Waals surface area contributed by atoms with Crippen LogP contribution < -0.4 is 10.2 Å². The first-order valence-electron chi connectivity index (χ1n) is 8.47. The van der Waals surface area contributed by atoms with Gasteiger partial charge in [-0.05, 0) is 31.0 Å². The number of anilines is 1. The standard InChI is InChI=1S/C19H19N5O/c25-19(17-5-9-20-13-22-17)23-14-7-11-24(12-8-14)18-6-10-21-16-4-2-1-3-15(16)18/h1-6,9-10,13-14H,7-8,11-12H2,(H,23,25). The van der Waals surface area contributed by atoms with Crippen molar-refractivity contribution in [1.29, 1.82) is 0 Å². The molecule has 25 heavy (non-hydrogen) atoms. The van der Waals surface area contributed by atoms with E-state index < -0.39 is 0 Å². The fourth-order valence-corrected chi connectivity index (χ4v) is 3.31. The molecule has 0 unspecified atom stereocenters. The molecule has 0 aliphatic carbocycles. The van der Waals surface area contributed by atoms with Crippen molar-refractivity contribution in [2.45, 2.75) is 18.9 Å². The number of pyridine rings is 1. The molecule has 2 aromatic heterocycles. The molecule has 1 saturated heterocycles. The Bertz CT molecular complexity index is 870. The predicted molar refractivity (Wildman–Crippen MR) is 96.5 cm³/mol. The maximum atomic E-state index is 12.2. The van der Waals surface area contributed by atoms with Crippen LogP contribution >= 0.6 is 0 Å². The lowest BCUT2D eigenvalue weighted by atomic mass is 10.0. The van der Waals surface area contributed by atoms with Crippen molar-refractivity contribution >= 4 is 22.5 Å². The molecule has 0 saturated carbocycles. The highest BCUT2D eigenvalue weighted by Crippen LogP contribution is 2.27. The molecule has 3 heterocycles. The summed E-state index contributed by atoms with van der Waals surface area (Å²) >= 11 is 0. The van der Waals surface area contributed by atoms with Gasteiger partial charge in [-0.3, -0.25) is 9.78 Å². The molecule has 1 aliphatic rings. The van der Waals surface area contributed by atoms with Crippen molar-refractivity contribution < 1.29 is 4.79 Å². The second kappa shape index (κ2) is 6.84. The normalized spacial score (nSPS) is 15.3. The van der Waals surface area contributed by atoms with Gasteiger partial charge in [0.05, 0.1) is 5.52 Å². The number of para-hydroxylation sites is 1. The van der Waals surface area contributed by atoms with Gasteiger partial charge in [-0.15, -0.1) is 0 Å². The second-order valence-electron chi connectivity index (χ2n) is 6.18. The van der Waals surface area contributed by atoms with E-state index in [4.69, 9.17) is 0 Å². The predicted octanol–water partition coefficient (Wildman–Crippen LogP) is 2.42. The first-order valence-corrected chi connectivity index (χ1v) is 8.47. The largest absolute Gasteiger partial charge is 0.371 e. The van der Waals surface area contributed by atoms with E-state index in [0.717, 1.165) is 31.4 Å². The average molecular weight is 333 g/mol. The molecule has 4 rings (SSSR count). The number of carbonyl (C=O) groups is 1.